The van der Waals surface area contributed by atoms with Crippen molar-refractivity contribution in [1.82, 2.24) is 5.06 Å². The van der Waals surface area contributed by atoms with Crippen molar-refractivity contribution in [2.45, 2.75) is 25.9 Å². The normalized spacial score (nSPS) is 17.0. The molecule has 0 saturated carbocycles. The molecule has 120 valence electrons. The third-order valence-corrected chi connectivity index (χ3v) is 2.93. The lowest BCUT2D eigenvalue weighted by Gasteiger charge is -2.36. The van der Waals surface area contributed by atoms with Crippen LogP contribution in [0.4, 0.5) is 4.39 Å². The van der Waals surface area contributed by atoms with Gasteiger partial charge in [0.2, 0.25) is 11.9 Å². The van der Waals surface area contributed by atoms with Gasteiger partial charge < -0.3 is 16.2 Å². The summed E-state index contributed by atoms with van der Waals surface area (Å²) in [5, 5.41) is 1.40. The number of hydrogen-bond donors (Lipinski definition) is 2. The fourth-order valence-electron chi connectivity index (χ4n) is 1.98. The summed E-state index contributed by atoms with van der Waals surface area (Å²) in [6.45, 7) is 4.25. The van der Waals surface area contributed by atoms with Crippen LogP contribution in [0, 0.1) is 5.82 Å². The van der Waals surface area contributed by atoms with Crippen molar-refractivity contribution in [1.29, 1.82) is 0 Å². The highest BCUT2D eigenvalue weighted by Gasteiger charge is 2.32. The Balaban J connectivity index is 1.77. The maximum atomic E-state index is 13.4. The minimum atomic E-state index is -0.734. The quantitative estimate of drug-likeness (QED) is 0.770. The molecule has 0 unspecified atom stereocenters. The van der Waals surface area contributed by atoms with E-state index in [1.54, 1.807) is 32.0 Å². The van der Waals surface area contributed by atoms with E-state index in [2.05, 4.69) is 9.98 Å². The van der Waals surface area contributed by atoms with Gasteiger partial charge in [0.15, 0.2) is 17.2 Å². The summed E-state index contributed by atoms with van der Waals surface area (Å²) >= 11 is 0. The third kappa shape index (κ3) is 3.85. The van der Waals surface area contributed by atoms with Crippen LogP contribution in [0.25, 0.3) is 0 Å². The lowest BCUT2D eigenvalue weighted by Crippen LogP contribution is -2.53. The van der Waals surface area contributed by atoms with Crippen LogP contribution in [0.2, 0.25) is 0 Å². The summed E-state index contributed by atoms with van der Waals surface area (Å²) in [5.74, 6) is 0.0961. The van der Waals surface area contributed by atoms with Crippen molar-refractivity contribution in [3.63, 3.8) is 0 Å². The number of nitrogens with two attached hydrogens (primary N) is 2. The molecule has 0 aliphatic carbocycles. The smallest absolute Gasteiger partial charge is 0.226 e. The van der Waals surface area contributed by atoms with Crippen molar-refractivity contribution >= 4 is 11.9 Å². The van der Waals surface area contributed by atoms with Crippen LogP contribution >= 0.6 is 0 Å². The molecule has 0 amide bonds. The summed E-state index contributed by atoms with van der Waals surface area (Å²) in [7, 11) is 0. The van der Waals surface area contributed by atoms with Crippen molar-refractivity contribution in [3.05, 3.63) is 30.1 Å². The highest BCUT2D eigenvalue weighted by Crippen LogP contribution is 2.20. The maximum absolute atomic E-state index is 13.4. The van der Waals surface area contributed by atoms with E-state index in [4.69, 9.17) is 21.0 Å². The Bertz CT molecular complexity index is 588. The van der Waals surface area contributed by atoms with Gasteiger partial charge in [0.1, 0.15) is 0 Å². The van der Waals surface area contributed by atoms with E-state index < -0.39 is 5.66 Å². The van der Waals surface area contributed by atoms with Crippen LogP contribution in [-0.4, -0.2) is 35.9 Å². The van der Waals surface area contributed by atoms with Crippen molar-refractivity contribution in [3.8, 4) is 5.75 Å². The predicted molar refractivity (Wildman–Crippen MR) is 81.6 cm³/mol. The molecule has 0 spiro atoms. The topological polar surface area (TPSA) is 98.5 Å². The van der Waals surface area contributed by atoms with Gasteiger partial charge in [-0.2, -0.15) is 10.1 Å². The number of hydrogen-bond acceptors (Lipinski definition) is 7. The number of nitrogens with zero attached hydrogens (tertiary/aromatic N) is 3. The summed E-state index contributed by atoms with van der Waals surface area (Å²) in [5.41, 5.74) is 10.6. The number of aliphatic imine (C=N–C) groups is 2. The first-order valence-electron chi connectivity index (χ1n) is 6.90. The standard InChI is InChI=1S/C14H20FN5O2/c1-14(2)19-12(16)18-13(17)20(14)22-9-5-8-21-11-7-4-3-6-10(11)15/h3-4,6-7H,5,8-9H2,1-2H3,(H4,16,17,18,19). The Labute approximate surface area is 128 Å². The highest BCUT2D eigenvalue weighted by atomic mass is 19.1. The lowest BCUT2D eigenvalue weighted by atomic mass is 10.2. The fraction of sp³-hybridized carbons (Fsp3) is 0.429. The molecule has 7 nitrogen and oxygen atoms in total. The van der Waals surface area contributed by atoms with Gasteiger partial charge in [0.05, 0.1) is 13.2 Å². The van der Waals surface area contributed by atoms with E-state index in [0.29, 0.717) is 19.6 Å². The number of halogens is 1. The van der Waals surface area contributed by atoms with E-state index in [0.717, 1.165) is 0 Å². The molecule has 1 heterocycles. The summed E-state index contributed by atoms with van der Waals surface area (Å²) in [6, 6.07) is 6.25. The molecule has 0 bridgehead atoms. The first-order valence-corrected chi connectivity index (χ1v) is 6.90. The fourth-order valence-corrected chi connectivity index (χ4v) is 1.98. The minimum absolute atomic E-state index is 0.116. The van der Waals surface area contributed by atoms with Crippen LogP contribution in [0.1, 0.15) is 20.3 Å². The summed E-state index contributed by atoms with van der Waals surface area (Å²) in [6.07, 6.45) is 0.549. The van der Waals surface area contributed by atoms with Gasteiger partial charge >= 0.3 is 0 Å². The van der Waals surface area contributed by atoms with Crippen LogP contribution in [0.15, 0.2) is 34.3 Å². The molecule has 0 aromatic heterocycles. The monoisotopic (exact) mass is 309 g/mol. The van der Waals surface area contributed by atoms with Crippen molar-refractivity contribution in [2.75, 3.05) is 13.2 Å². The molecule has 0 fully saturated rings. The largest absolute Gasteiger partial charge is 0.490 e. The van der Waals surface area contributed by atoms with Gasteiger partial charge in [-0.15, -0.1) is 0 Å². The number of guanidine groups is 2. The molecule has 8 heteroatoms. The summed E-state index contributed by atoms with van der Waals surface area (Å²) in [4.78, 5) is 13.6. The van der Waals surface area contributed by atoms with Crippen LogP contribution in [0.5, 0.6) is 5.75 Å². The van der Waals surface area contributed by atoms with E-state index >= 15 is 0 Å². The molecule has 1 aliphatic rings. The highest BCUT2D eigenvalue weighted by molar-refractivity contribution is 5.95. The van der Waals surface area contributed by atoms with Gasteiger partial charge in [-0.25, -0.2) is 9.38 Å². The second kappa shape index (κ2) is 6.61. The van der Waals surface area contributed by atoms with Gasteiger partial charge in [0.25, 0.3) is 0 Å². The number of benzene rings is 1. The summed E-state index contributed by atoms with van der Waals surface area (Å²) < 4.78 is 18.7. The molecule has 1 aromatic carbocycles. The maximum Gasteiger partial charge on any atom is 0.226 e. The van der Waals surface area contributed by atoms with Gasteiger partial charge in [-0.05, 0) is 26.0 Å². The first-order chi connectivity index (χ1) is 10.4. The Morgan fingerprint density at radius 1 is 1.23 bits per heavy atom. The number of ether oxygens (including phenoxy) is 1. The molecule has 1 aromatic rings. The first kappa shape index (κ1) is 16.0. The van der Waals surface area contributed by atoms with E-state index in [1.807, 2.05) is 0 Å². The zero-order valence-corrected chi connectivity index (χ0v) is 12.6. The Kier molecular flexibility index (Phi) is 4.81. The Morgan fingerprint density at radius 2 is 1.95 bits per heavy atom. The molecule has 2 rings (SSSR count). The van der Waals surface area contributed by atoms with Crippen LogP contribution in [0.3, 0.4) is 0 Å². The van der Waals surface area contributed by atoms with E-state index in [1.165, 1.54) is 11.1 Å². The molecular weight excluding hydrogens is 289 g/mol. The predicted octanol–water partition coefficient (Wildman–Crippen LogP) is 1.21. The molecule has 4 N–H and O–H groups in total. The SMILES string of the molecule is CC1(C)N=C(N)N=C(N)N1OCCCOc1ccccc1F. The van der Waals surface area contributed by atoms with E-state index in [9.17, 15) is 4.39 Å². The second-order valence-electron chi connectivity index (χ2n) is 5.19. The van der Waals surface area contributed by atoms with Crippen molar-refractivity contribution < 1.29 is 14.0 Å². The molecule has 0 saturated heterocycles. The molecule has 0 radical (unpaired) electrons. The lowest BCUT2D eigenvalue weighted by molar-refractivity contribution is -0.158. The zero-order chi connectivity index (χ0) is 16.2. The number of hydroxylamine groups is 2. The molecular formula is C14H20FN5O2. The van der Waals surface area contributed by atoms with Crippen molar-refractivity contribution in [2.24, 2.45) is 21.5 Å². The number of para-hydroxylation sites is 1. The van der Waals surface area contributed by atoms with E-state index in [-0.39, 0.29) is 23.5 Å². The molecule has 0 atom stereocenters. The minimum Gasteiger partial charge on any atom is -0.490 e. The second-order valence-corrected chi connectivity index (χ2v) is 5.19. The number of rotatable bonds is 6. The molecule has 22 heavy (non-hydrogen) atoms. The average molecular weight is 309 g/mol. The van der Waals surface area contributed by atoms with Gasteiger partial charge in [-0.1, -0.05) is 12.1 Å². The zero-order valence-electron chi connectivity index (χ0n) is 12.6. The Morgan fingerprint density at radius 3 is 2.64 bits per heavy atom. The third-order valence-electron chi connectivity index (χ3n) is 2.93. The molecule has 1 aliphatic heterocycles. The van der Waals surface area contributed by atoms with Gasteiger partial charge in [0, 0.05) is 6.42 Å². The average Bonchev–Trinajstić information content (AvgIpc) is 2.42. The van der Waals surface area contributed by atoms with Crippen LogP contribution < -0.4 is 16.2 Å². The van der Waals surface area contributed by atoms with Gasteiger partial charge in [-0.3, -0.25) is 4.84 Å². The van der Waals surface area contributed by atoms with Crippen LogP contribution in [-0.2, 0) is 4.84 Å². The Hall–Kier alpha value is -2.35.